The number of nitrogens with one attached hydrogen (secondary N) is 1. The molecule has 0 aliphatic carbocycles. The third-order valence-electron chi connectivity index (χ3n) is 3.48. The first-order valence-electron chi connectivity index (χ1n) is 6.99. The van der Waals surface area contributed by atoms with Crippen LogP contribution in [0.2, 0.25) is 0 Å². The van der Waals surface area contributed by atoms with Crippen LogP contribution in [0.1, 0.15) is 47.0 Å². The number of rotatable bonds is 10. The van der Waals surface area contributed by atoms with Gasteiger partial charge in [-0.05, 0) is 45.8 Å². The van der Waals surface area contributed by atoms with Crippen LogP contribution in [0.4, 0.5) is 0 Å². The van der Waals surface area contributed by atoms with Gasteiger partial charge in [-0.1, -0.05) is 27.2 Å². The molecule has 0 aliphatic heterocycles. The molecule has 0 fully saturated rings. The summed E-state index contributed by atoms with van der Waals surface area (Å²) in [6.07, 6.45) is 3.43. The van der Waals surface area contributed by atoms with Gasteiger partial charge in [-0.3, -0.25) is 0 Å². The first-order chi connectivity index (χ1) is 7.97. The zero-order valence-electron chi connectivity index (χ0n) is 12.4. The maximum absolute atomic E-state index is 9.29. The van der Waals surface area contributed by atoms with Gasteiger partial charge >= 0.3 is 0 Å². The number of hydrogen-bond donors (Lipinski definition) is 2. The number of aliphatic hydroxyl groups is 1. The Balaban J connectivity index is 3.74. The molecule has 0 aliphatic rings. The Kier molecular flexibility index (Phi) is 8.83. The van der Waals surface area contributed by atoms with Gasteiger partial charge < -0.3 is 15.3 Å². The van der Waals surface area contributed by atoms with E-state index in [0.29, 0.717) is 0 Å². The van der Waals surface area contributed by atoms with Gasteiger partial charge in [0, 0.05) is 12.1 Å². The minimum atomic E-state index is -0.102. The Hall–Kier alpha value is -0.120. The smallest absolute Gasteiger partial charge is 0.0610 e. The van der Waals surface area contributed by atoms with Crippen LogP contribution in [-0.4, -0.2) is 48.8 Å². The molecule has 0 aromatic rings. The quantitative estimate of drug-likeness (QED) is 0.578. The third kappa shape index (κ3) is 7.74. The monoisotopic (exact) mass is 244 g/mol. The number of unbranched alkanes of at least 4 members (excludes halogenated alkanes) is 1. The van der Waals surface area contributed by atoms with Crippen LogP contribution in [0.5, 0.6) is 0 Å². The van der Waals surface area contributed by atoms with E-state index < -0.39 is 0 Å². The predicted octanol–water partition coefficient (Wildman–Crippen LogP) is 2.10. The van der Waals surface area contributed by atoms with E-state index in [1.165, 1.54) is 25.9 Å². The van der Waals surface area contributed by atoms with Gasteiger partial charge in [-0.25, -0.2) is 0 Å². The van der Waals surface area contributed by atoms with Crippen LogP contribution < -0.4 is 5.32 Å². The summed E-state index contributed by atoms with van der Waals surface area (Å²) >= 11 is 0. The molecule has 1 atom stereocenters. The maximum Gasteiger partial charge on any atom is 0.0610 e. The van der Waals surface area contributed by atoms with Gasteiger partial charge in [0.25, 0.3) is 0 Å². The van der Waals surface area contributed by atoms with Crippen molar-refractivity contribution in [1.82, 2.24) is 10.2 Å². The highest BCUT2D eigenvalue weighted by Gasteiger charge is 2.19. The van der Waals surface area contributed by atoms with Crippen LogP contribution in [0.3, 0.4) is 0 Å². The minimum Gasteiger partial charge on any atom is -0.394 e. The summed E-state index contributed by atoms with van der Waals surface area (Å²) in [7, 11) is 1.92. The lowest BCUT2D eigenvalue weighted by Gasteiger charge is -2.27. The standard InChI is InChI=1S/C14H32N2O/c1-6-16(11-13(2)3)10-8-7-9-14(4,12-17)15-5/h13,15,17H,6-12H2,1-5H3. The highest BCUT2D eigenvalue weighted by atomic mass is 16.3. The number of nitrogens with zero attached hydrogens (tertiary/aromatic N) is 1. The van der Waals surface area contributed by atoms with E-state index >= 15 is 0 Å². The van der Waals surface area contributed by atoms with E-state index in [4.69, 9.17) is 0 Å². The lowest BCUT2D eigenvalue weighted by Crippen LogP contribution is -2.43. The Morgan fingerprint density at radius 2 is 1.94 bits per heavy atom. The van der Waals surface area contributed by atoms with Crippen molar-refractivity contribution in [2.75, 3.05) is 33.3 Å². The van der Waals surface area contributed by atoms with Gasteiger partial charge in [0.1, 0.15) is 0 Å². The second-order valence-corrected chi connectivity index (χ2v) is 5.71. The molecule has 2 N–H and O–H groups in total. The summed E-state index contributed by atoms with van der Waals surface area (Å²) in [5.74, 6) is 0.745. The molecule has 0 saturated heterocycles. The number of aliphatic hydroxyl groups excluding tert-OH is 1. The van der Waals surface area contributed by atoms with Gasteiger partial charge in [0.2, 0.25) is 0 Å². The van der Waals surface area contributed by atoms with Crippen LogP contribution in [0, 0.1) is 5.92 Å². The van der Waals surface area contributed by atoms with Crippen molar-refractivity contribution >= 4 is 0 Å². The van der Waals surface area contributed by atoms with E-state index in [1.54, 1.807) is 0 Å². The van der Waals surface area contributed by atoms with Crippen molar-refractivity contribution in [3.05, 3.63) is 0 Å². The summed E-state index contributed by atoms with van der Waals surface area (Å²) in [5.41, 5.74) is -0.102. The summed E-state index contributed by atoms with van der Waals surface area (Å²) in [6, 6.07) is 0. The van der Waals surface area contributed by atoms with E-state index in [2.05, 4.69) is 37.9 Å². The van der Waals surface area contributed by atoms with Crippen molar-refractivity contribution in [2.45, 2.75) is 52.5 Å². The van der Waals surface area contributed by atoms with Crippen molar-refractivity contribution in [3.8, 4) is 0 Å². The molecule has 0 rings (SSSR count). The highest BCUT2D eigenvalue weighted by Crippen LogP contribution is 2.13. The highest BCUT2D eigenvalue weighted by molar-refractivity contribution is 4.80. The third-order valence-corrected chi connectivity index (χ3v) is 3.48. The van der Waals surface area contributed by atoms with Crippen molar-refractivity contribution in [1.29, 1.82) is 0 Å². The Labute approximate surface area is 108 Å². The van der Waals surface area contributed by atoms with Crippen molar-refractivity contribution < 1.29 is 5.11 Å². The molecule has 3 nitrogen and oxygen atoms in total. The van der Waals surface area contributed by atoms with Crippen LogP contribution >= 0.6 is 0 Å². The lowest BCUT2D eigenvalue weighted by atomic mass is 9.96. The molecule has 0 spiro atoms. The lowest BCUT2D eigenvalue weighted by molar-refractivity contribution is 0.167. The molecule has 1 unspecified atom stereocenters. The molecular weight excluding hydrogens is 212 g/mol. The molecule has 104 valence electrons. The van der Waals surface area contributed by atoms with Gasteiger partial charge in [-0.15, -0.1) is 0 Å². The average Bonchev–Trinajstić information content (AvgIpc) is 2.32. The second-order valence-electron chi connectivity index (χ2n) is 5.71. The molecule has 0 amide bonds. The maximum atomic E-state index is 9.29. The molecule has 0 bridgehead atoms. The molecule has 0 aromatic carbocycles. The SMILES string of the molecule is CCN(CCCCC(C)(CO)NC)CC(C)C. The summed E-state index contributed by atoms with van der Waals surface area (Å²) in [4.78, 5) is 2.51. The zero-order valence-corrected chi connectivity index (χ0v) is 12.4. The van der Waals surface area contributed by atoms with Crippen molar-refractivity contribution in [2.24, 2.45) is 5.92 Å². The molecule has 0 aromatic heterocycles. The molecule has 17 heavy (non-hydrogen) atoms. The Morgan fingerprint density at radius 3 is 2.35 bits per heavy atom. The first kappa shape index (κ1) is 16.9. The van der Waals surface area contributed by atoms with E-state index in [-0.39, 0.29) is 12.1 Å². The number of hydrogen-bond acceptors (Lipinski definition) is 3. The van der Waals surface area contributed by atoms with Crippen molar-refractivity contribution in [3.63, 3.8) is 0 Å². The van der Waals surface area contributed by atoms with Gasteiger partial charge in [-0.2, -0.15) is 0 Å². The fraction of sp³-hybridized carbons (Fsp3) is 1.00. The fourth-order valence-corrected chi connectivity index (χ4v) is 2.03. The van der Waals surface area contributed by atoms with Crippen LogP contribution in [-0.2, 0) is 0 Å². The Bertz CT molecular complexity index is 179. The van der Waals surface area contributed by atoms with Crippen LogP contribution in [0.15, 0.2) is 0 Å². The number of likely N-dealkylation sites (N-methyl/N-ethyl adjacent to an activating group) is 1. The zero-order chi connectivity index (χ0) is 13.3. The molecule has 3 heteroatoms. The normalized spacial score (nSPS) is 15.5. The van der Waals surface area contributed by atoms with E-state index in [1.807, 2.05) is 7.05 Å². The van der Waals surface area contributed by atoms with E-state index in [9.17, 15) is 5.11 Å². The Morgan fingerprint density at radius 1 is 1.29 bits per heavy atom. The average molecular weight is 244 g/mol. The first-order valence-corrected chi connectivity index (χ1v) is 6.99. The minimum absolute atomic E-state index is 0.102. The topological polar surface area (TPSA) is 35.5 Å². The van der Waals surface area contributed by atoms with Gasteiger partial charge in [0.15, 0.2) is 0 Å². The second kappa shape index (κ2) is 8.90. The largest absolute Gasteiger partial charge is 0.394 e. The molecular formula is C14H32N2O. The fourth-order valence-electron chi connectivity index (χ4n) is 2.03. The molecule has 0 heterocycles. The molecule has 0 radical (unpaired) electrons. The molecule has 0 saturated carbocycles. The van der Waals surface area contributed by atoms with Crippen LogP contribution in [0.25, 0.3) is 0 Å². The summed E-state index contributed by atoms with van der Waals surface area (Å²) in [6.45, 7) is 12.6. The summed E-state index contributed by atoms with van der Waals surface area (Å²) in [5, 5.41) is 12.5. The predicted molar refractivity (Wildman–Crippen MR) is 75.4 cm³/mol. The van der Waals surface area contributed by atoms with E-state index in [0.717, 1.165) is 18.9 Å². The van der Waals surface area contributed by atoms with Gasteiger partial charge in [0.05, 0.1) is 6.61 Å². The summed E-state index contributed by atoms with van der Waals surface area (Å²) < 4.78 is 0.